The zero-order valence-electron chi connectivity index (χ0n) is 14.3. The monoisotopic (exact) mass is 322 g/mol. The number of carbonyl (C=O) groups is 1. The summed E-state index contributed by atoms with van der Waals surface area (Å²) >= 11 is 0. The largest absolute Gasteiger partial charge is 0.489 e. The Kier molecular flexibility index (Phi) is 6.39. The van der Waals surface area contributed by atoms with E-state index in [4.69, 9.17) is 4.74 Å². The number of piperidine rings is 1. The van der Waals surface area contributed by atoms with Gasteiger partial charge >= 0.3 is 0 Å². The molecule has 1 aromatic rings. The minimum absolute atomic E-state index is 0.172. The number of halogens is 1. The number of hydrogen-bond donors (Lipinski definition) is 0. The fourth-order valence-electron chi connectivity index (χ4n) is 2.74. The van der Waals surface area contributed by atoms with Gasteiger partial charge in [-0.3, -0.25) is 9.69 Å². The van der Waals surface area contributed by atoms with Crippen molar-refractivity contribution in [3.63, 3.8) is 0 Å². The van der Waals surface area contributed by atoms with Crippen LogP contribution in [0.4, 0.5) is 4.39 Å². The molecule has 1 atom stereocenters. The zero-order chi connectivity index (χ0) is 16.8. The Hall–Kier alpha value is -1.62. The normalized spacial score (nSPS) is 17.3. The topological polar surface area (TPSA) is 32.8 Å². The molecule has 0 aromatic heterocycles. The van der Waals surface area contributed by atoms with E-state index in [9.17, 15) is 9.18 Å². The van der Waals surface area contributed by atoms with E-state index in [1.165, 1.54) is 6.07 Å². The highest BCUT2D eigenvalue weighted by Crippen LogP contribution is 2.18. The molecular formula is C18H27FN2O2. The molecule has 1 aromatic carbocycles. The molecule has 128 valence electrons. The summed E-state index contributed by atoms with van der Waals surface area (Å²) in [6.45, 7) is 6.78. The molecule has 5 heteroatoms. The van der Waals surface area contributed by atoms with E-state index in [0.717, 1.165) is 25.9 Å². The first-order valence-corrected chi connectivity index (χ1v) is 8.35. The lowest BCUT2D eigenvalue weighted by Gasteiger charge is -2.34. The number of ether oxygens (including phenoxy) is 1. The fourth-order valence-corrected chi connectivity index (χ4v) is 2.74. The summed E-state index contributed by atoms with van der Waals surface area (Å²) in [7, 11) is 1.90. The number of rotatable bonds is 6. The number of carbonyl (C=O) groups excluding carboxylic acids is 1. The van der Waals surface area contributed by atoms with E-state index >= 15 is 0 Å². The van der Waals surface area contributed by atoms with Crippen molar-refractivity contribution in [1.82, 2.24) is 9.80 Å². The predicted octanol–water partition coefficient (Wildman–Crippen LogP) is 2.78. The first-order valence-electron chi connectivity index (χ1n) is 8.35. The average Bonchev–Trinajstić information content (AvgIpc) is 2.56. The molecule has 1 heterocycles. The van der Waals surface area contributed by atoms with Gasteiger partial charge in [0.25, 0.3) is 0 Å². The molecule has 1 fully saturated rings. The molecular weight excluding hydrogens is 295 g/mol. The van der Waals surface area contributed by atoms with Crippen molar-refractivity contribution >= 4 is 5.91 Å². The van der Waals surface area contributed by atoms with Crippen LogP contribution in [0.5, 0.6) is 5.75 Å². The van der Waals surface area contributed by atoms with Crippen molar-refractivity contribution in [3.05, 3.63) is 30.1 Å². The standard InChI is InChI=1S/C18H27FN2O2/c1-14-8-10-21(11-9-14)18(22)15(2)20(3)12-13-23-17-7-5-4-6-16(17)19/h4-7,14-15H,8-13H2,1-3H3. The number of nitrogens with zero attached hydrogens (tertiary/aromatic N) is 2. The van der Waals surface area contributed by atoms with Crippen LogP contribution in [0.1, 0.15) is 26.7 Å². The van der Waals surface area contributed by atoms with Gasteiger partial charge < -0.3 is 9.64 Å². The molecule has 2 rings (SSSR count). The molecule has 0 aliphatic carbocycles. The predicted molar refractivity (Wildman–Crippen MR) is 89.0 cm³/mol. The number of amides is 1. The SMILES string of the molecule is CC1CCN(C(=O)C(C)N(C)CCOc2ccccc2F)CC1. The molecule has 0 bridgehead atoms. The molecule has 4 nitrogen and oxygen atoms in total. The summed E-state index contributed by atoms with van der Waals surface area (Å²) in [6.07, 6.45) is 2.16. The van der Waals surface area contributed by atoms with Crippen LogP contribution < -0.4 is 4.74 Å². The summed E-state index contributed by atoms with van der Waals surface area (Å²) in [5.74, 6) is 0.776. The Morgan fingerprint density at radius 1 is 1.39 bits per heavy atom. The Balaban J connectivity index is 1.77. The summed E-state index contributed by atoms with van der Waals surface area (Å²) < 4.78 is 18.9. The summed E-state index contributed by atoms with van der Waals surface area (Å²) in [5.41, 5.74) is 0. The van der Waals surface area contributed by atoms with Crippen LogP contribution in [0.25, 0.3) is 0 Å². The molecule has 1 aliphatic rings. The van der Waals surface area contributed by atoms with E-state index in [1.54, 1.807) is 18.2 Å². The van der Waals surface area contributed by atoms with Gasteiger partial charge in [0.2, 0.25) is 5.91 Å². The van der Waals surface area contributed by atoms with Gasteiger partial charge in [0.1, 0.15) is 6.61 Å². The molecule has 23 heavy (non-hydrogen) atoms. The van der Waals surface area contributed by atoms with Gasteiger partial charge in [-0.15, -0.1) is 0 Å². The third kappa shape index (κ3) is 4.93. The first-order chi connectivity index (χ1) is 11.0. The number of likely N-dealkylation sites (N-methyl/N-ethyl adjacent to an activating group) is 1. The smallest absolute Gasteiger partial charge is 0.239 e. The van der Waals surface area contributed by atoms with Crippen molar-refractivity contribution in [3.8, 4) is 5.75 Å². The van der Waals surface area contributed by atoms with Crippen LogP contribution in [0.15, 0.2) is 24.3 Å². The Labute approximate surface area is 138 Å². The van der Waals surface area contributed by atoms with E-state index in [0.29, 0.717) is 19.1 Å². The molecule has 0 saturated carbocycles. The quantitative estimate of drug-likeness (QED) is 0.807. The van der Waals surface area contributed by atoms with Crippen LogP contribution in [0.3, 0.4) is 0 Å². The number of likely N-dealkylation sites (tertiary alicyclic amines) is 1. The Morgan fingerprint density at radius 3 is 2.70 bits per heavy atom. The van der Waals surface area contributed by atoms with Crippen molar-refractivity contribution in [2.45, 2.75) is 32.7 Å². The van der Waals surface area contributed by atoms with Crippen molar-refractivity contribution in [2.75, 3.05) is 33.3 Å². The van der Waals surface area contributed by atoms with Gasteiger partial charge in [0, 0.05) is 19.6 Å². The van der Waals surface area contributed by atoms with Crippen LogP contribution in [-0.2, 0) is 4.79 Å². The molecule has 0 radical (unpaired) electrons. The first kappa shape index (κ1) is 17.7. The van der Waals surface area contributed by atoms with Gasteiger partial charge in [-0.05, 0) is 44.9 Å². The maximum absolute atomic E-state index is 13.5. The lowest BCUT2D eigenvalue weighted by molar-refractivity contribution is -0.137. The Morgan fingerprint density at radius 2 is 2.04 bits per heavy atom. The summed E-state index contributed by atoms with van der Waals surface area (Å²) in [6, 6.07) is 6.18. The van der Waals surface area contributed by atoms with Crippen LogP contribution in [0.2, 0.25) is 0 Å². The second kappa shape index (κ2) is 8.29. The molecule has 1 unspecified atom stereocenters. The van der Waals surface area contributed by atoms with Crippen LogP contribution in [-0.4, -0.2) is 55.0 Å². The molecule has 1 aliphatic heterocycles. The van der Waals surface area contributed by atoms with E-state index in [-0.39, 0.29) is 23.5 Å². The average molecular weight is 322 g/mol. The van der Waals surface area contributed by atoms with Crippen LogP contribution >= 0.6 is 0 Å². The van der Waals surface area contributed by atoms with Gasteiger partial charge in [-0.2, -0.15) is 0 Å². The lowest BCUT2D eigenvalue weighted by atomic mass is 9.99. The highest BCUT2D eigenvalue weighted by Gasteiger charge is 2.26. The maximum Gasteiger partial charge on any atom is 0.239 e. The van der Waals surface area contributed by atoms with Gasteiger partial charge in [-0.25, -0.2) is 4.39 Å². The number of para-hydroxylation sites is 1. The van der Waals surface area contributed by atoms with Crippen molar-refractivity contribution in [1.29, 1.82) is 0 Å². The summed E-state index contributed by atoms with van der Waals surface area (Å²) in [4.78, 5) is 16.4. The highest BCUT2D eigenvalue weighted by molar-refractivity contribution is 5.81. The minimum atomic E-state index is -0.360. The fraction of sp³-hybridized carbons (Fsp3) is 0.611. The molecule has 1 amide bonds. The zero-order valence-corrected chi connectivity index (χ0v) is 14.3. The lowest BCUT2D eigenvalue weighted by Crippen LogP contribution is -2.49. The molecule has 0 spiro atoms. The van der Waals surface area contributed by atoms with Gasteiger partial charge in [-0.1, -0.05) is 19.1 Å². The van der Waals surface area contributed by atoms with Gasteiger partial charge in [0.15, 0.2) is 11.6 Å². The van der Waals surface area contributed by atoms with Crippen molar-refractivity contribution in [2.24, 2.45) is 5.92 Å². The Bertz CT molecular complexity index is 515. The third-order valence-corrected chi connectivity index (χ3v) is 4.65. The molecule has 1 saturated heterocycles. The summed E-state index contributed by atoms with van der Waals surface area (Å²) in [5, 5.41) is 0. The molecule has 0 N–H and O–H groups in total. The number of benzene rings is 1. The maximum atomic E-state index is 13.5. The highest BCUT2D eigenvalue weighted by atomic mass is 19.1. The minimum Gasteiger partial charge on any atom is -0.489 e. The van der Waals surface area contributed by atoms with Crippen LogP contribution in [0, 0.1) is 11.7 Å². The van der Waals surface area contributed by atoms with E-state index in [1.807, 2.05) is 23.8 Å². The van der Waals surface area contributed by atoms with Gasteiger partial charge in [0.05, 0.1) is 6.04 Å². The number of hydrogen-bond acceptors (Lipinski definition) is 3. The second-order valence-electron chi connectivity index (χ2n) is 6.44. The van der Waals surface area contributed by atoms with E-state index in [2.05, 4.69) is 6.92 Å². The second-order valence-corrected chi connectivity index (χ2v) is 6.44. The van der Waals surface area contributed by atoms with E-state index < -0.39 is 0 Å². The van der Waals surface area contributed by atoms with Crippen molar-refractivity contribution < 1.29 is 13.9 Å². The third-order valence-electron chi connectivity index (χ3n) is 4.65.